The molecule has 0 aliphatic carbocycles. The van der Waals surface area contributed by atoms with Crippen molar-refractivity contribution in [3.8, 4) is 0 Å². The number of imidazole rings is 1. The van der Waals surface area contributed by atoms with Crippen LogP contribution in [0.1, 0.15) is 19.2 Å². The summed E-state index contributed by atoms with van der Waals surface area (Å²) in [5.74, 6) is 0.860. The highest BCUT2D eigenvalue weighted by atomic mass is 19.1. The highest BCUT2D eigenvalue weighted by Crippen LogP contribution is 2.24. The van der Waals surface area contributed by atoms with Crippen LogP contribution in [0.25, 0.3) is 0 Å². The summed E-state index contributed by atoms with van der Waals surface area (Å²) in [6.45, 7) is 4.15. The highest BCUT2D eigenvalue weighted by Gasteiger charge is 2.34. The molecule has 0 saturated carbocycles. The number of nitrogens with zero attached hydrogens (tertiary/aromatic N) is 2. The average Bonchev–Trinajstić information content (AvgIpc) is 2.75. The third-order valence-corrected chi connectivity index (χ3v) is 2.81. The van der Waals surface area contributed by atoms with Crippen molar-refractivity contribution in [2.75, 3.05) is 13.1 Å². The maximum Gasteiger partial charge on any atom is 0.131 e. The van der Waals surface area contributed by atoms with Gasteiger partial charge in [-0.2, -0.15) is 0 Å². The summed E-state index contributed by atoms with van der Waals surface area (Å²) >= 11 is 0. The van der Waals surface area contributed by atoms with E-state index in [0.29, 0.717) is 19.4 Å². The van der Waals surface area contributed by atoms with E-state index >= 15 is 0 Å². The molecule has 2 heterocycles. The molecule has 0 bridgehead atoms. The zero-order valence-electron chi connectivity index (χ0n) is 8.46. The van der Waals surface area contributed by atoms with Crippen LogP contribution in [-0.2, 0) is 13.0 Å². The average molecular weight is 197 g/mol. The van der Waals surface area contributed by atoms with E-state index in [1.165, 1.54) is 0 Å². The van der Waals surface area contributed by atoms with E-state index in [1.807, 2.05) is 17.7 Å². The van der Waals surface area contributed by atoms with Gasteiger partial charge in [-0.3, -0.25) is 0 Å². The lowest BCUT2D eigenvalue weighted by Crippen LogP contribution is -2.30. The van der Waals surface area contributed by atoms with Crippen molar-refractivity contribution in [1.29, 1.82) is 0 Å². The predicted octanol–water partition coefficient (Wildman–Crippen LogP) is 1.15. The van der Waals surface area contributed by atoms with E-state index in [0.717, 1.165) is 18.9 Å². The molecular weight excluding hydrogens is 181 g/mol. The second kappa shape index (κ2) is 3.69. The lowest BCUT2D eigenvalue weighted by Gasteiger charge is -2.17. The number of rotatable bonds is 3. The van der Waals surface area contributed by atoms with Gasteiger partial charge >= 0.3 is 0 Å². The lowest BCUT2D eigenvalue weighted by molar-refractivity contribution is 0.185. The normalized spacial score (nSPS) is 27.0. The number of aryl methyl sites for hydroxylation is 1. The van der Waals surface area contributed by atoms with Crippen LogP contribution >= 0.6 is 0 Å². The Morgan fingerprint density at radius 2 is 2.57 bits per heavy atom. The maximum atomic E-state index is 14.1. The Morgan fingerprint density at radius 1 is 1.71 bits per heavy atom. The van der Waals surface area contributed by atoms with Gasteiger partial charge in [-0.05, 0) is 19.9 Å². The van der Waals surface area contributed by atoms with Gasteiger partial charge in [0.15, 0.2) is 0 Å². The fraction of sp³-hybridized carbons (Fsp3) is 0.700. The third-order valence-electron chi connectivity index (χ3n) is 2.81. The Labute approximate surface area is 83.3 Å². The summed E-state index contributed by atoms with van der Waals surface area (Å²) in [6, 6.07) is 0. The summed E-state index contributed by atoms with van der Waals surface area (Å²) in [6.07, 6.45) is 4.68. The molecular formula is C10H16FN3. The quantitative estimate of drug-likeness (QED) is 0.787. The maximum absolute atomic E-state index is 14.1. The molecule has 1 fully saturated rings. The first-order valence-corrected chi connectivity index (χ1v) is 5.13. The van der Waals surface area contributed by atoms with E-state index in [1.54, 1.807) is 6.20 Å². The van der Waals surface area contributed by atoms with Crippen molar-refractivity contribution in [3.05, 3.63) is 18.2 Å². The largest absolute Gasteiger partial charge is 0.335 e. The van der Waals surface area contributed by atoms with E-state index in [4.69, 9.17) is 0 Å². The SMILES string of the molecule is CCn1ccnc1CC1(F)CCNC1. The Hall–Kier alpha value is -0.900. The monoisotopic (exact) mass is 197 g/mol. The molecule has 1 saturated heterocycles. The Balaban J connectivity index is 2.09. The molecule has 0 spiro atoms. The zero-order chi connectivity index (χ0) is 10.0. The molecule has 2 rings (SSSR count). The molecule has 0 amide bonds. The van der Waals surface area contributed by atoms with Crippen molar-refractivity contribution in [2.24, 2.45) is 0 Å². The van der Waals surface area contributed by atoms with Gasteiger partial charge < -0.3 is 9.88 Å². The first kappa shape index (κ1) is 9.65. The molecule has 1 atom stereocenters. The molecule has 1 aromatic rings. The van der Waals surface area contributed by atoms with Crippen LogP contribution in [0, 0.1) is 0 Å². The van der Waals surface area contributed by atoms with Crippen LogP contribution in [0.15, 0.2) is 12.4 Å². The number of halogens is 1. The minimum absolute atomic E-state index is 0.431. The van der Waals surface area contributed by atoms with Crippen molar-refractivity contribution in [2.45, 2.75) is 32.0 Å². The number of hydrogen-bond donors (Lipinski definition) is 1. The second-order valence-corrected chi connectivity index (χ2v) is 3.88. The predicted molar refractivity (Wildman–Crippen MR) is 52.9 cm³/mol. The minimum Gasteiger partial charge on any atom is -0.335 e. The van der Waals surface area contributed by atoms with Crippen molar-refractivity contribution < 1.29 is 4.39 Å². The first-order valence-electron chi connectivity index (χ1n) is 5.13. The van der Waals surface area contributed by atoms with E-state index < -0.39 is 5.67 Å². The number of nitrogens with one attached hydrogen (secondary N) is 1. The topological polar surface area (TPSA) is 29.9 Å². The third kappa shape index (κ3) is 1.80. The molecule has 1 aromatic heterocycles. The van der Waals surface area contributed by atoms with Crippen LogP contribution in [0.3, 0.4) is 0 Å². The summed E-state index contributed by atoms with van der Waals surface area (Å²) in [5.41, 5.74) is -1.09. The van der Waals surface area contributed by atoms with E-state index in [9.17, 15) is 4.39 Å². The number of hydrogen-bond acceptors (Lipinski definition) is 2. The van der Waals surface area contributed by atoms with E-state index in [-0.39, 0.29) is 0 Å². The Bertz CT molecular complexity index is 302. The molecule has 1 N–H and O–H groups in total. The Morgan fingerprint density at radius 3 is 3.21 bits per heavy atom. The molecule has 1 aliphatic rings. The van der Waals surface area contributed by atoms with E-state index in [2.05, 4.69) is 10.3 Å². The summed E-state index contributed by atoms with van der Waals surface area (Å²) in [4.78, 5) is 4.19. The van der Waals surface area contributed by atoms with Crippen LogP contribution in [0.5, 0.6) is 0 Å². The van der Waals surface area contributed by atoms with Gasteiger partial charge in [0.05, 0.1) is 0 Å². The standard InChI is InChI=1S/C10H16FN3/c1-2-14-6-5-13-9(14)7-10(11)3-4-12-8-10/h5-6,12H,2-4,7-8H2,1H3. The molecule has 1 aliphatic heterocycles. The number of alkyl halides is 1. The van der Waals surface area contributed by atoms with Crippen LogP contribution in [0.2, 0.25) is 0 Å². The molecule has 0 radical (unpaired) electrons. The molecule has 0 aromatic carbocycles. The van der Waals surface area contributed by atoms with Crippen molar-refractivity contribution >= 4 is 0 Å². The second-order valence-electron chi connectivity index (χ2n) is 3.88. The van der Waals surface area contributed by atoms with Gasteiger partial charge in [0.25, 0.3) is 0 Å². The molecule has 4 heteroatoms. The minimum atomic E-state index is -1.09. The van der Waals surface area contributed by atoms with Crippen molar-refractivity contribution in [3.63, 3.8) is 0 Å². The van der Waals surface area contributed by atoms with Gasteiger partial charge in [0.2, 0.25) is 0 Å². The first-order chi connectivity index (χ1) is 6.73. The summed E-state index contributed by atoms with van der Waals surface area (Å²) in [7, 11) is 0. The summed E-state index contributed by atoms with van der Waals surface area (Å²) in [5, 5.41) is 3.05. The molecule has 3 nitrogen and oxygen atoms in total. The summed E-state index contributed by atoms with van der Waals surface area (Å²) < 4.78 is 16.1. The fourth-order valence-corrected chi connectivity index (χ4v) is 1.94. The number of aromatic nitrogens is 2. The van der Waals surface area contributed by atoms with Gasteiger partial charge in [0, 0.05) is 31.9 Å². The van der Waals surface area contributed by atoms with Gasteiger partial charge in [-0.1, -0.05) is 0 Å². The van der Waals surface area contributed by atoms with Crippen LogP contribution in [0.4, 0.5) is 4.39 Å². The molecule has 14 heavy (non-hydrogen) atoms. The smallest absolute Gasteiger partial charge is 0.131 e. The fourth-order valence-electron chi connectivity index (χ4n) is 1.94. The lowest BCUT2D eigenvalue weighted by atomic mass is 10.0. The van der Waals surface area contributed by atoms with Crippen LogP contribution in [-0.4, -0.2) is 28.3 Å². The van der Waals surface area contributed by atoms with Crippen LogP contribution < -0.4 is 5.32 Å². The zero-order valence-corrected chi connectivity index (χ0v) is 8.46. The Kier molecular flexibility index (Phi) is 2.54. The highest BCUT2D eigenvalue weighted by molar-refractivity contribution is 5.02. The van der Waals surface area contributed by atoms with Crippen molar-refractivity contribution in [1.82, 2.24) is 14.9 Å². The van der Waals surface area contributed by atoms with Gasteiger partial charge in [-0.25, -0.2) is 9.37 Å². The van der Waals surface area contributed by atoms with Gasteiger partial charge in [-0.15, -0.1) is 0 Å². The molecule has 78 valence electrons. The molecule has 1 unspecified atom stereocenters. The van der Waals surface area contributed by atoms with Gasteiger partial charge in [0.1, 0.15) is 11.5 Å².